The second-order valence-electron chi connectivity index (χ2n) is 2.22. The van der Waals surface area contributed by atoms with Crippen LogP contribution in [0, 0.1) is 0 Å². The first-order valence-electron chi connectivity index (χ1n) is 3.31. The Labute approximate surface area is 65.6 Å². The van der Waals surface area contributed by atoms with Gasteiger partial charge in [-0.3, -0.25) is 0 Å². The van der Waals surface area contributed by atoms with Crippen LogP contribution in [0.3, 0.4) is 0 Å². The third kappa shape index (κ3) is 5.05. The molecule has 4 heteroatoms. The van der Waals surface area contributed by atoms with Crippen LogP contribution in [0.25, 0.3) is 0 Å². The molecule has 2 unspecified atom stereocenters. The van der Waals surface area contributed by atoms with Gasteiger partial charge < -0.3 is 15.9 Å². The second kappa shape index (κ2) is 5.97. The third-order valence-electron chi connectivity index (χ3n) is 1.12. The maximum absolute atomic E-state index is 8.89. The van der Waals surface area contributed by atoms with Gasteiger partial charge in [0.1, 0.15) is 0 Å². The predicted molar refractivity (Wildman–Crippen MR) is 44.1 cm³/mol. The lowest BCUT2D eigenvalue weighted by atomic mass is 10.4. The van der Waals surface area contributed by atoms with E-state index < -0.39 is 6.10 Å². The molecule has 2 atom stereocenters. The van der Waals surface area contributed by atoms with Crippen LogP contribution in [0.4, 0.5) is 0 Å². The van der Waals surface area contributed by atoms with E-state index in [-0.39, 0.29) is 6.61 Å². The Kier molecular flexibility index (Phi) is 6.11. The fourth-order valence-electron chi connectivity index (χ4n) is 0.396. The van der Waals surface area contributed by atoms with E-state index in [1.165, 1.54) is 0 Å². The first kappa shape index (κ1) is 10.2. The summed E-state index contributed by atoms with van der Waals surface area (Å²) in [6, 6.07) is 0. The molecule has 0 aromatic carbocycles. The number of hydrogen-bond donors (Lipinski definition) is 3. The highest BCUT2D eigenvalue weighted by Gasteiger charge is 2.04. The highest BCUT2D eigenvalue weighted by Crippen LogP contribution is 2.09. The summed E-state index contributed by atoms with van der Waals surface area (Å²) >= 11 is 1.57. The van der Waals surface area contributed by atoms with Gasteiger partial charge in [0.05, 0.1) is 12.7 Å². The van der Waals surface area contributed by atoms with Crippen molar-refractivity contribution < 1.29 is 10.2 Å². The molecule has 0 saturated carbocycles. The summed E-state index contributed by atoms with van der Waals surface area (Å²) in [5, 5.41) is 17.7. The fraction of sp³-hybridized carbons (Fsp3) is 1.00. The predicted octanol–water partition coefficient (Wildman–Crippen LogP) is -0.580. The third-order valence-corrected chi connectivity index (χ3v) is 2.45. The Morgan fingerprint density at radius 3 is 2.60 bits per heavy atom. The van der Waals surface area contributed by atoms with Crippen molar-refractivity contribution in [2.75, 3.05) is 18.9 Å². The molecule has 0 saturated heterocycles. The molecule has 0 aromatic rings. The molecule has 0 aliphatic carbocycles. The largest absolute Gasteiger partial charge is 0.394 e. The molecule has 10 heavy (non-hydrogen) atoms. The van der Waals surface area contributed by atoms with Gasteiger partial charge in [-0.25, -0.2) is 0 Å². The second-order valence-corrected chi connectivity index (χ2v) is 3.69. The molecule has 0 amide bonds. The van der Waals surface area contributed by atoms with Gasteiger partial charge in [0.15, 0.2) is 0 Å². The van der Waals surface area contributed by atoms with Crippen molar-refractivity contribution in [1.82, 2.24) is 0 Å². The van der Waals surface area contributed by atoms with E-state index in [9.17, 15) is 0 Å². The summed E-state index contributed by atoms with van der Waals surface area (Å²) in [7, 11) is 0. The van der Waals surface area contributed by atoms with Crippen LogP contribution >= 0.6 is 11.8 Å². The van der Waals surface area contributed by atoms with E-state index in [1.54, 1.807) is 11.8 Å². The minimum Gasteiger partial charge on any atom is -0.394 e. The molecule has 0 aliphatic rings. The van der Waals surface area contributed by atoms with Gasteiger partial charge >= 0.3 is 0 Å². The lowest BCUT2D eigenvalue weighted by Crippen LogP contribution is -2.19. The van der Waals surface area contributed by atoms with Crippen LogP contribution in [-0.4, -0.2) is 40.5 Å². The van der Waals surface area contributed by atoms with Crippen molar-refractivity contribution >= 4 is 11.8 Å². The Bertz CT molecular complexity index is 72.1. The number of aliphatic hydroxyl groups excluding tert-OH is 2. The zero-order valence-electron chi connectivity index (χ0n) is 6.16. The van der Waals surface area contributed by atoms with Gasteiger partial charge in [0.2, 0.25) is 0 Å². The number of rotatable bonds is 5. The van der Waals surface area contributed by atoms with Gasteiger partial charge in [-0.15, -0.1) is 0 Å². The van der Waals surface area contributed by atoms with Gasteiger partial charge in [-0.05, 0) is 0 Å². The van der Waals surface area contributed by atoms with Crippen LogP contribution in [0.2, 0.25) is 0 Å². The molecule has 0 fully saturated rings. The standard InChI is InChI=1S/C6H15NO2S/c1-5(2-7)10-4-6(9)3-8/h5-6,8-9H,2-4,7H2,1H3. The topological polar surface area (TPSA) is 66.5 Å². The van der Waals surface area contributed by atoms with Gasteiger partial charge in [-0.1, -0.05) is 6.92 Å². The Morgan fingerprint density at radius 2 is 2.20 bits per heavy atom. The van der Waals surface area contributed by atoms with Crippen LogP contribution in [0.1, 0.15) is 6.92 Å². The van der Waals surface area contributed by atoms with Crippen LogP contribution < -0.4 is 5.73 Å². The summed E-state index contributed by atoms with van der Waals surface area (Å²) in [6.45, 7) is 2.45. The lowest BCUT2D eigenvalue weighted by molar-refractivity contribution is 0.113. The number of thioether (sulfide) groups is 1. The van der Waals surface area contributed by atoms with Gasteiger partial charge in [0.25, 0.3) is 0 Å². The fourth-order valence-corrected chi connectivity index (χ4v) is 1.19. The van der Waals surface area contributed by atoms with Crippen molar-refractivity contribution in [3.8, 4) is 0 Å². The van der Waals surface area contributed by atoms with E-state index >= 15 is 0 Å². The molecular weight excluding hydrogens is 150 g/mol. The summed E-state index contributed by atoms with van der Waals surface area (Å²) in [5.41, 5.74) is 5.33. The van der Waals surface area contributed by atoms with E-state index in [4.69, 9.17) is 15.9 Å². The van der Waals surface area contributed by atoms with Crippen LogP contribution in [0.15, 0.2) is 0 Å². The highest BCUT2D eigenvalue weighted by atomic mass is 32.2. The molecule has 0 rings (SSSR count). The van der Waals surface area contributed by atoms with Crippen molar-refractivity contribution in [2.24, 2.45) is 5.73 Å². The average Bonchev–Trinajstić information content (AvgIpc) is 1.99. The molecule has 0 bridgehead atoms. The molecule has 4 N–H and O–H groups in total. The van der Waals surface area contributed by atoms with Crippen molar-refractivity contribution in [3.05, 3.63) is 0 Å². The van der Waals surface area contributed by atoms with Crippen LogP contribution in [-0.2, 0) is 0 Å². The number of hydrogen-bond acceptors (Lipinski definition) is 4. The van der Waals surface area contributed by atoms with Crippen molar-refractivity contribution in [1.29, 1.82) is 0 Å². The summed E-state index contributed by atoms with van der Waals surface area (Å²) in [4.78, 5) is 0. The summed E-state index contributed by atoms with van der Waals surface area (Å²) in [6.07, 6.45) is -0.598. The van der Waals surface area contributed by atoms with Crippen molar-refractivity contribution in [3.63, 3.8) is 0 Å². The molecule has 0 heterocycles. The number of nitrogens with two attached hydrogens (primary N) is 1. The lowest BCUT2D eigenvalue weighted by Gasteiger charge is -2.10. The molecule has 62 valence electrons. The quantitative estimate of drug-likeness (QED) is 0.510. The summed E-state index contributed by atoms with van der Waals surface area (Å²) < 4.78 is 0. The van der Waals surface area contributed by atoms with E-state index in [0.29, 0.717) is 17.5 Å². The van der Waals surface area contributed by atoms with Crippen molar-refractivity contribution in [2.45, 2.75) is 18.3 Å². The Balaban J connectivity index is 3.17. The average molecular weight is 165 g/mol. The Morgan fingerprint density at radius 1 is 1.60 bits per heavy atom. The molecule has 0 spiro atoms. The maximum atomic E-state index is 8.89. The molecule has 3 nitrogen and oxygen atoms in total. The van der Waals surface area contributed by atoms with E-state index in [1.807, 2.05) is 6.92 Å². The molecule has 0 aliphatic heterocycles. The van der Waals surface area contributed by atoms with E-state index in [0.717, 1.165) is 0 Å². The van der Waals surface area contributed by atoms with Gasteiger partial charge in [-0.2, -0.15) is 11.8 Å². The highest BCUT2D eigenvalue weighted by molar-refractivity contribution is 7.99. The van der Waals surface area contributed by atoms with E-state index in [2.05, 4.69) is 0 Å². The minimum absolute atomic E-state index is 0.162. The first-order chi connectivity index (χ1) is 4.70. The molecule has 0 aromatic heterocycles. The number of aliphatic hydroxyl groups is 2. The maximum Gasteiger partial charge on any atom is 0.0861 e. The first-order valence-corrected chi connectivity index (χ1v) is 4.36. The molecule has 0 radical (unpaired) electrons. The molecular formula is C6H15NO2S. The van der Waals surface area contributed by atoms with Gasteiger partial charge in [0, 0.05) is 17.5 Å². The summed E-state index contributed by atoms with van der Waals surface area (Å²) in [5.74, 6) is 0.564. The monoisotopic (exact) mass is 165 g/mol. The SMILES string of the molecule is CC(CN)SCC(O)CO. The Hall–Kier alpha value is 0.230. The zero-order valence-corrected chi connectivity index (χ0v) is 6.97. The smallest absolute Gasteiger partial charge is 0.0861 e. The normalized spacial score (nSPS) is 16.8. The van der Waals surface area contributed by atoms with Crippen LogP contribution in [0.5, 0.6) is 0 Å². The minimum atomic E-state index is -0.598. The zero-order chi connectivity index (χ0) is 7.98.